The second-order valence-corrected chi connectivity index (χ2v) is 3.99. The first-order valence-electron chi connectivity index (χ1n) is 5.35. The molecule has 2 heterocycles. The third-order valence-corrected chi connectivity index (χ3v) is 2.91. The molecule has 0 bridgehead atoms. The van der Waals surface area contributed by atoms with Crippen LogP contribution in [-0.2, 0) is 0 Å². The van der Waals surface area contributed by atoms with E-state index in [0.717, 1.165) is 12.2 Å². The maximum Gasteiger partial charge on any atom is 0.183 e. The third-order valence-electron chi connectivity index (χ3n) is 2.91. The summed E-state index contributed by atoms with van der Waals surface area (Å²) in [6, 6.07) is -0.126. The number of anilines is 1. The van der Waals surface area contributed by atoms with Gasteiger partial charge in [0.05, 0.1) is 6.04 Å². The molecule has 0 amide bonds. The first-order valence-corrected chi connectivity index (χ1v) is 5.35. The Bertz CT molecular complexity index is 491. The average molecular weight is 220 g/mol. The van der Waals surface area contributed by atoms with E-state index in [9.17, 15) is 0 Å². The van der Waals surface area contributed by atoms with E-state index in [-0.39, 0.29) is 6.04 Å². The molecule has 0 aliphatic heterocycles. The van der Waals surface area contributed by atoms with Crippen LogP contribution in [0.5, 0.6) is 0 Å². The van der Waals surface area contributed by atoms with Crippen LogP contribution < -0.4 is 11.5 Å². The zero-order valence-electron chi connectivity index (χ0n) is 9.44. The minimum Gasteiger partial charge on any atom is -0.382 e. The van der Waals surface area contributed by atoms with Crippen LogP contribution in [-0.4, -0.2) is 19.9 Å². The SMILES string of the molecule is CCC(C)C(N)c1nc2ncnc(N)c2[nH]1. The summed E-state index contributed by atoms with van der Waals surface area (Å²) < 4.78 is 0. The Hall–Kier alpha value is -1.69. The fraction of sp³-hybridized carbons (Fsp3) is 0.500. The average Bonchev–Trinajstić information content (AvgIpc) is 2.72. The molecule has 16 heavy (non-hydrogen) atoms. The van der Waals surface area contributed by atoms with Crippen molar-refractivity contribution in [2.45, 2.75) is 26.3 Å². The number of nitrogens with zero attached hydrogens (tertiary/aromatic N) is 3. The molecule has 2 atom stereocenters. The molecule has 2 unspecified atom stereocenters. The van der Waals surface area contributed by atoms with Gasteiger partial charge in [0.25, 0.3) is 0 Å². The van der Waals surface area contributed by atoms with Gasteiger partial charge in [-0.25, -0.2) is 15.0 Å². The van der Waals surface area contributed by atoms with E-state index in [1.807, 2.05) is 0 Å². The largest absolute Gasteiger partial charge is 0.382 e. The number of hydrogen-bond donors (Lipinski definition) is 3. The summed E-state index contributed by atoms with van der Waals surface area (Å²) in [4.78, 5) is 15.4. The molecule has 2 aromatic rings. The highest BCUT2D eigenvalue weighted by molar-refractivity contribution is 5.81. The molecule has 6 heteroatoms. The standard InChI is InChI=1S/C10H16N6/c1-3-5(2)6(11)9-15-7-8(12)13-4-14-10(7)16-9/h4-6H,3,11H2,1-2H3,(H3,12,13,14,15,16). The quantitative estimate of drug-likeness (QED) is 0.714. The molecule has 6 nitrogen and oxygen atoms in total. The number of aromatic nitrogens is 4. The van der Waals surface area contributed by atoms with Crippen molar-refractivity contribution in [1.82, 2.24) is 19.9 Å². The molecule has 86 valence electrons. The van der Waals surface area contributed by atoms with Crippen molar-refractivity contribution >= 4 is 17.0 Å². The van der Waals surface area contributed by atoms with Crippen molar-refractivity contribution in [2.24, 2.45) is 11.7 Å². The smallest absolute Gasteiger partial charge is 0.183 e. The summed E-state index contributed by atoms with van der Waals surface area (Å²) in [5, 5.41) is 0. The zero-order chi connectivity index (χ0) is 11.7. The maximum absolute atomic E-state index is 6.08. The van der Waals surface area contributed by atoms with E-state index in [1.54, 1.807) is 0 Å². The van der Waals surface area contributed by atoms with Crippen molar-refractivity contribution in [3.8, 4) is 0 Å². The number of nitrogens with two attached hydrogens (primary N) is 2. The third kappa shape index (κ3) is 1.71. The van der Waals surface area contributed by atoms with Crippen molar-refractivity contribution in [2.75, 3.05) is 5.73 Å². The van der Waals surface area contributed by atoms with Crippen LogP contribution >= 0.6 is 0 Å². The summed E-state index contributed by atoms with van der Waals surface area (Å²) in [5.74, 6) is 1.48. The lowest BCUT2D eigenvalue weighted by Crippen LogP contribution is -2.19. The molecule has 0 saturated heterocycles. The number of fused-ring (bicyclic) bond motifs is 1. The van der Waals surface area contributed by atoms with E-state index in [1.165, 1.54) is 6.33 Å². The van der Waals surface area contributed by atoms with E-state index in [2.05, 4.69) is 33.8 Å². The highest BCUT2D eigenvalue weighted by Gasteiger charge is 2.18. The van der Waals surface area contributed by atoms with Crippen LogP contribution in [0.25, 0.3) is 11.2 Å². The number of nitrogens with one attached hydrogen (secondary N) is 1. The maximum atomic E-state index is 6.08. The molecular weight excluding hydrogens is 204 g/mol. The molecule has 0 aliphatic rings. The summed E-state index contributed by atoms with van der Waals surface area (Å²) in [6.45, 7) is 4.19. The first kappa shape index (κ1) is 10.8. The molecule has 2 rings (SSSR count). The van der Waals surface area contributed by atoms with Gasteiger partial charge in [-0.05, 0) is 5.92 Å². The minimum absolute atomic E-state index is 0.126. The number of aromatic amines is 1. The molecule has 0 aliphatic carbocycles. The zero-order valence-corrected chi connectivity index (χ0v) is 9.44. The van der Waals surface area contributed by atoms with Crippen molar-refractivity contribution in [3.63, 3.8) is 0 Å². The predicted molar refractivity (Wildman–Crippen MR) is 62.5 cm³/mol. The summed E-state index contributed by atoms with van der Waals surface area (Å²) in [7, 11) is 0. The van der Waals surface area contributed by atoms with Gasteiger partial charge >= 0.3 is 0 Å². The lowest BCUT2D eigenvalue weighted by molar-refractivity contribution is 0.442. The molecule has 2 aromatic heterocycles. The van der Waals surface area contributed by atoms with Gasteiger partial charge in [0.1, 0.15) is 17.7 Å². The Morgan fingerprint density at radius 3 is 2.81 bits per heavy atom. The fourth-order valence-electron chi connectivity index (χ4n) is 1.55. The van der Waals surface area contributed by atoms with Gasteiger partial charge in [-0.2, -0.15) is 0 Å². The predicted octanol–water partition coefficient (Wildman–Crippen LogP) is 0.981. The first-order chi connectivity index (χ1) is 7.63. The van der Waals surface area contributed by atoms with Crippen LogP contribution in [0.3, 0.4) is 0 Å². The van der Waals surface area contributed by atoms with Crippen LogP contribution in [0, 0.1) is 5.92 Å². The van der Waals surface area contributed by atoms with E-state index < -0.39 is 0 Å². The van der Waals surface area contributed by atoms with Gasteiger partial charge in [-0.1, -0.05) is 20.3 Å². The number of H-pyrrole nitrogens is 1. The summed E-state index contributed by atoms with van der Waals surface area (Å²) in [5.41, 5.74) is 13.0. The number of rotatable bonds is 3. The second-order valence-electron chi connectivity index (χ2n) is 3.99. The Morgan fingerprint density at radius 1 is 1.44 bits per heavy atom. The van der Waals surface area contributed by atoms with Crippen molar-refractivity contribution < 1.29 is 0 Å². The van der Waals surface area contributed by atoms with Gasteiger partial charge in [0.15, 0.2) is 11.5 Å². The molecule has 0 saturated carbocycles. The molecule has 0 fully saturated rings. The number of imidazole rings is 1. The van der Waals surface area contributed by atoms with Gasteiger partial charge < -0.3 is 16.5 Å². The lowest BCUT2D eigenvalue weighted by Gasteiger charge is -2.15. The van der Waals surface area contributed by atoms with Gasteiger partial charge in [0, 0.05) is 0 Å². The fourth-order valence-corrected chi connectivity index (χ4v) is 1.55. The Morgan fingerprint density at radius 2 is 2.19 bits per heavy atom. The molecule has 0 aromatic carbocycles. The van der Waals surface area contributed by atoms with Crippen LogP contribution in [0.1, 0.15) is 32.1 Å². The Balaban J connectivity index is 2.43. The topological polar surface area (TPSA) is 106 Å². The van der Waals surface area contributed by atoms with E-state index in [4.69, 9.17) is 11.5 Å². The van der Waals surface area contributed by atoms with Crippen LogP contribution in [0.15, 0.2) is 6.33 Å². The van der Waals surface area contributed by atoms with Crippen molar-refractivity contribution in [3.05, 3.63) is 12.2 Å². The van der Waals surface area contributed by atoms with E-state index in [0.29, 0.717) is 22.9 Å². The minimum atomic E-state index is -0.126. The molecular formula is C10H16N6. The number of nitrogen functional groups attached to an aromatic ring is 1. The summed E-state index contributed by atoms with van der Waals surface area (Å²) in [6.07, 6.45) is 2.40. The number of hydrogen-bond acceptors (Lipinski definition) is 5. The van der Waals surface area contributed by atoms with Gasteiger partial charge in [-0.15, -0.1) is 0 Å². The summed E-state index contributed by atoms with van der Waals surface area (Å²) >= 11 is 0. The monoisotopic (exact) mass is 220 g/mol. The highest BCUT2D eigenvalue weighted by Crippen LogP contribution is 2.22. The van der Waals surface area contributed by atoms with Crippen LogP contribution in [0.4, 0.5) is 5.82 Å². The lowest BCUT2D eigenvalue weighted by atomic mass is 10.00. The normalized spacial score (nSPS) is 15.2. The van der Waals surface area contributed by atoms with Gasteiger partial charge in [-0.3, -0.25) is 0 Å². The molecule has 5 N–H and O–H groups in total. The molecule has 0 spiro atoms. The Kier molecular flexibility index (Phi) is 2.74. The van der Waals surface area contributed by atoms with Crippen LogP contribution in [0.2, 0.25) is 0 Å². The van der Waals surface area contributed by atoms with Crippen molar-refractivity contribution in [1.29, 1.82) is 0 Å². The van der Waals surface area contributed by atoms with Gasteiger partial charge in [0.2, 0.25) is 0 Å². The van der Waals surface area contributed by atoms with E-state index >= 15 is 0 Å². The molecule has 0 radical (unpaired) electrons. The highest BCUT2D eigenvalue weighted by atomic mass is 15.1. The second kappa shape index (κ2) is 4.05. The Labute approximate surface area is 93.5 Å².